The molecular weight excluding hydrogens is 234 g/mol. The second-order valence-corrected chi connectivity index (χ2v) is 3.33. The molecule has 1 aromatic rings. The van der Waals surface area contributed by atoms with E-state index in [2.05, 4.69) is 16.0 Å². The van der Waals surface area contributed by atoms with Gasteiger partial charge in [-0.2, -0.15) is 0 Å². The number of hydrogen-bond acceptors (Lipinski definition) is 4. The van der Waals surface area contributed by atoms with Crippen LogP contribution in [0.3, 0.4) is 0 Å². The highest BCUT2D eigenvalue weighted by molar-refractivity contribution is 5.71. The van der Waals surface area contributed by atoms with Crippen LogP contribution in [0.1, 0.15) is 11.1 Å². The number of carbonyl (C=O) groups excluding carboxylic acids is 2. The molecule has 0 heterocycles. The molecule has 0 aliphatic carbocycles. The maximum absolute atomic E-state index is 11.0. The number of terminal acetylenes is 1. The first-order chi connectivity index (χ1) is 8.71. The number of ether oxygens (including phenoxy) is 2. The summed E-state index contributed by atoms with van der Waals surface area (Å²) < 4.78 is 9.78. The number of methoxy groups -OCH3 is 1. The van der Waals surface area contributed by atoms with E-state index in [0.717, 1.165) is 5.56 Å². The van der Waals surface area contributed by atoms with Gasteiger partial charge in [-0.05, 0) is 12.1 Å². The summed E-state index contributed by atoms with van der Waals surface area (Å²) in [7, 11) is 1.28. The molecule has 0 bridgehead atoms. The number of nitrogens with one attached hydrogen (secondary N) is 1. The fraction of sp³-hybridized carbons (Fsp3) is 0.231. The van der Waals surface area contributed by atoms with Gasteiger partial charge in [-0.15, -0.1) is 6.42 Å². The summed E-state index contributed by atoms with van der Waals surface area (Å²) >= 11 is 0. The van der Waals surface area contributed by atoms with Crippen molar-refractivity contribution in [2.24, 2.45) is 0 Å². The Labute approximate surface area is 105 Å². The molecule has 18 heavy (non-hydrogen) atoms. The summed E-state index contributed by atoms with van der Waals surface area (Å²) in [6.45, 7) is 0.0868. The van der Waals surface area contributed by atoms with Crippen molar-refractivity contribution in [3.8, 4) is 18.1 Å². The van der Waals surface area contributed by atoms with Crippen LogP contribution >= 0.6 is 0 Å². The average molecular weight is 247 g/mol. The molecule has 0 aromatic heterocycles. The van der Waals surface area contributed by atoms with E-state index < -0.39 is 5.97 Å². The van der Waals surface area contributed by atoms with Crippen LogP contribution in [-0.4, -0.2) is 26.1 Å². The van der Waals surface area contributed by atoms with Gasteiger partial charge < -0.3 is 14.8 Å². The lowest BCUT2D eigenvalue weighted by atomic mass is 10.1. The zero-order valence-electron chi connectivity index (χ0n) is 9.93. The van der Waals surface area contributed by atoms with E-state index in [1.54, 1.807) is 18.2 Å². The lowest BCUT2D eigenvalue weighted by Crippen LogP contribution is -2.15. The third-order valence-corrected chi connectivity index (χ3v) is 2.18. The second kappa shape index (κ2) is 6.97. The Morgan fingerprint density at radius 2 is 2.33 bits per heavy atom. The van der Waals surface area contributed by atoms with E-state index in [9.17, 15) is 9.59 Å². The smallest absolute Gasteiger partial charge is 0.343 e. The molecule has 1 rings (SSSR count). The lowest BCUT2D eigenvalue weighted by molar-refractivity contribution is -0.142. The van der Waals surface area contributed by atoms with Gasteiger partial charge in [0.05, 0.1) is 7.11 Å². The summed E-state index contributed by atoms with van der Waals surface area (Å²) in [6, 6.07) is 5.09. The van der Waals surface area contributed by atoms with Gasteiger partial charge in [-0.25, -0.2) is 4.79 Å². The molecule has 0 aliphatic rings. The van der Waals surface area contributed by atoms with Crippen molar-refractivity contribution in [2.75, 3.05) is 13.7 Å². The van der Waals surface area contributed by atoms with Crippen LogP contribution in [0.15, 0.2) is 18.2 Å². The third-order valence-electron chi connectivity index (χ3n) is 2.18. The Bertz CT molecular complexity index is 476. The Hall–Kier alpha value is -2.48. The normalized spacial score (nSPS) is 9.11. The maximum Gasteiger partial charge on any atom is 0.343 e. The Morgan fingerprint density at radius 3 is 2.94 bits per heavy atom. The van der Waals surface area contributed by atoms with Crippen LogP contribution in [0.2, 0.25) is 0 Å². The van der Waals surface area contributed by atoms with Crippen molar-refractivity contribution in [3.05, 3.63) is 29.3 Å². The molecule has 0 atom stereocenters. The molecule has 0 fully saturated rings. The summed E-state index contributed by atoms with van der Waals surface area (Å²) in [4.78, 5) is 21.3. The molecule has 94 valence electrons. The SMILES string of the molecule is C#Cc1ccc(CNC=O)c(OCC(=O)OC)c1. The number of rotatable bonds is 6. The largest absolute Gasteiger partial charge is 0.482 e. The highest BCUT2D eigenvalue weighted by Crippen LogP contribution is 2.20. The van der Waals surface area contributed by atoms with E-state index in [1.807, 2.05) is 0 Å². The van der Waals surface area contributed by atoms with Crippen molar-refractivity contribution in [2.45, 2.75) is 6.54 Å². The van der Waals surface area contributed by atoms with E-state index >= 15 is 0 Å². The monoisotopic (exact) mass is 247 g/mol. The highest BCUT2D eigenvalue weighted by Gasteiger charge is 2.07. The van der Waals surface area contributed by atoms with Gasteiger partial charge in [0.15, 0.2) is 6.61 Å². The number of amides is 1. The Kier molecular flexibility index (Phi) is 5.26. The molecule has 0 radical (unpaired) electrons. The summed E-state index contributed by atoms with van der Waals surface area (Å²) in [5, 5.41) is 2.52. The zero-order valence-corrected chi connectivity index (χ0v) is 9.93. The Morgan fingerprint density at radius 1 is 1.56 bits per heavy atom. The lowest BCUT2D eigenvalue weighted by Gasteiger charge is -2.10. The molecule has 1 amide bonds. The summed E-state index contributed by atoms with van der Waals surface area (Å²) in [6.07, 6.45) is 5.86. The van der Waals surface area contributed by atoms with E-state index in [1.165, 1.54) is 7.11 Å². The van der Waals surface area contributed by atoms with Crippen LogP contribution < -0.4 is 10.1 Å². The number of esters is 1. The van der Waals surface area contributed by atoms with Crippen molar-refractivity contribution in [3.63, 3.8) is 0 Å². The maximum atomic E-state index is 11.0. The predicted molar refractivity (Wildman–Crippen MR) is 64.8 cm³/mol. The molecule has 0 saturated heterocycles. The predicted octanol–water partition coefficient (Wildman–Crippen LogP) is 0.466. The molecule has 1 N–H and O–H groups in total. The quantitative estimate of drug-likeness (QED) is 0.451. The van der Waals surface area contributed by atoms with E-state index in [-0.39, 0.29) is 6.61 Å². The molecule has 5 nitrogen and oxygen atoms in total. The first-order valence-electron chi connectivity index (χ1n) is 5.17. The summed E-state index contributed by atoms with van der Waals surface area (Å²) in [5.74, 6) is 2.43. The molecule has 1 aromatic carbocycles. The van der Waals surface area contributed by atoms with Crippen molar-refractivity contribution in [1.29, 1.82) is 0 Å². The van der Waals surface area contributed by atoms with Gasteiger partial charge in [0, 0.05) is 17.7 Å². The first kappa shape index (κ1) is 13.6. The number of hydrogen-bond donors (Lipinski definition) is 1. The van der Waals surface area contributed by atoms with Gasteiger partial charge in [0.25, 0.3) is 0 Å². The summed E-state index contributed by atoms with van der Waals surface area (Å²) in [5.41, 5.74) is 1.36. The van der Waals surface area contributed by atoms with E-state index in [0.29, 0.717) is 24.3 Å². The van der Waals surface area contributed by atoms with Crippen LogP contribution in [0.25, 0.3) is 0 Å². The fourth-order valence-corrected chi connectivity index (χ4v) is 1.27. The standard InChI is InChI=1S/C13H13NO4/c1-3-10-4-5-11(7-14-9-15)12(6-10)18-8-13(16)17-2/h1,4-6,9H,7-8H2,2H3,(H,14,15). The van der Waals surface area contributed by atoms with Gasteiger partial charge in [0.2, 0.25) is 6.41 Å². The van der Waals surface area contributed by atoms with Gasteiger partial charge in [-0.1, -0.05) is 12.0 Å². The second-order valence-electron chi connectivity index (χ2n) is 3.33. The van der Waals surface area contributed by atoms with Gasteiger partial charge in [0.1, 0.15) is 5.75 Å². The first-order valence-corrected chi connectivity index (χ1v) is 5.17. The van der Waals surface area contributed by atoms with Gasteiger partial charge in [-0.3, -0.25) is 4.79 Å². The van der Waals surface area contributed by atoms with Gasteiger partial charge >= 0.3 is 5.97 Å². The van der Waals surface area contributed by atoms with Crippen molar-refractivity contribution >= 4 is 12.4 Å². The van der Waals surface area contributed by atoms with Crippen LogP contribution in [-0.2, 0) is 20.9 Å². The van der Waals surface area contributed by atoms with Crippen LogP contribution in [0, 0.1) is 12.3 Å². The van der Waals surface area contributed by atoms with Crippen LogP contribution in [0.4, 0.5) is 0 Å². The minimum Gasteiger partial charge on any atom is -0.482 e. The topological polar surface area (TPSA) is 64.6 Å². The highest BCUT2D eigenvalue weighted by atomic mass is 16.6. The fourth-order valence-electron chi connectivity index (χ4n) is 1.27. The molecule has 0 unspecified atom stereocenters. The average Bonchev–Trinajstić information content (AvgIpc) is 2.42. The van der Waals surface area contributed by atoms with Crippen LogP contribution in [0.5, 0.6) is 5.75 Å². The van der Waals surface area contributed by atoms with Crippen molar-refractivity contribution in [1.82, 2.24) is 5.32 Å². The zero-order chi connectivity index (χ0) is 13.4. The molecular formula is C13H13NO4. The minimum atomic E-state index is -0.490. The third kappa shape index (κ3) is 3.83. The molecule has 0 saturated carbocycles. The Balaban J connectivity index is 2.86. The molecule has 0 spiro atoms. The number of benzene rings is 1. The molecule has 0 aliphatic heterocycles. The molecule has 5 heteroatoms. The minimum absolute atomic E-state index is 0.210. The van der Waals surface area contributed by atoms with E-state index in [4.69, 9.17) is 11.2 Å². The van der Waals surface area contributed by atoms with Crippen molar-refractivity contribution < 1.29 is 19.1 Å². The number of carbonyl (C=O) groups is 2.